The minimum absolute atomic E-state index is 0.212. The number of benzene rings is 1. The van der Waals surface area contributed by atoms with Crippen molar-refractivity contribution < 1.29 is 19.2 Å². The number of hydrogen-bond donors (Lipinski definition) is 1. The molecular formula is C10H8ClNO4. The van der Waals surface area contributed by atoms with Gasteiger partial charge in [-0.25, -0.2) is 0 Å². The van der Waals surface area contributed by atoms with E-state index in [4.69, 9.17) is 26.0 Å². The molecule has 0 fully saturated rings. The number of aromatic nitrogens is 1. The van der Waals surface area contributed by atoms with Gasteiger partial charge in [0.05, 0.1) is 18.9 Å². The van der Waals surface area contributed by atoms with Gasteiger partial charge in [0.25, 0.3) is 0 Å². The Morgan fingerprint density at radius 2 is 2.38 bits per heavy atom. The molecule has 0 atom stereocenters. The fraction of sp³-hybridized carbons (Fsp3) is 0.200. The Bertz CT molecular complexity index is 549. The minimum Gasteiger partial charge on any atom is -0.493 e. The first kappa shape index (κ1) is 10.8. The van der Waals surface area contributed by atoms with Crippen molar-refractivity contribution in [3.05, 3.63) is 22.8 Å². The van der Waals surface area contributed by atoms with Crippen molar-refractivity contribution in [1.29, 1.82) is 0 Å². The zero-order valence-electron chi connectivity index (χ0n) is 8.36. The van der Waals surface area contributed by atoms with E-state index in [9.17, 15) is 4.79 Å². The van der Waals surface area contributed by atoms with Gasteiger partial charge in [-0.15, -0.1) is 0 Å². The summed E-state index contributed by atoms with van der Waals surface area (Å²) < 4.78 is 10.1. The molecule has 0 radical (unpaired) electrons. The van der Waals surface area contributed by atoms with Crippen LogP contribution in [0.25, 0.3) is 11.0 Å². The van der Waals surface area contributed by atoms with Crippen LogP contribution in [0.5, 0.6) is 5.75 Å². The average molecular weight is 242 g/mol. The van der Waals surface area contributed by atoms with E-state index in [0.717, 1.165) is 0 Å². The lowest BCUT2D eigenvalue weighted by molar-refractivity contribution is -0.136. The van der Waals surface area contributed by atoms with Crippen LogP contribution in [-0.4, -0.2) is 23.3 Å². The number of rotatable bonds is 3. The van der Waals surface area contributed by atoms with Gasteiger partial charge in [-0.05, 0) is 6.07 Å². The summed E-state index contributed by atoms with van der Waals surface area (Å²) in [6, 6.07) is 3.19. The number of methoxy groups -OCH3 is 1. The predicted octanol–water partition coefficient (Wildman–Crippen LogP) is 2.12. The van der Waals surface area contributed by atoms with Crippen molar-refractivity contribution >= 4 is 28.5 Å². The predicted molar refractivity (Wildman–Crippen MR) is 56.9 cm³/mol. The molecule has 0 saturated carbocycles. The SMILES string of the molecule is COc1cc(Cl)cc2c(CC(=O)O)noc12. The number of carboxylic acid groups (broad SMARTS) is 1. The molecule has 2 aromatic rings. The van der Waals surface area contributed by atoms with Gasteiger partial charge in [-0.3, -0.25) is 4.79 Å². The molecule has 2 rings (SSSR count). The van der Waals surface area contributed by atoms with E-state index in [2.05, 4.69) is 5.16 Å². The van der Waals surface area contributed by atoms with Crippen LogP contribution in [0.1, 0.15) is 5.69 Å². The van der Waals surface area contributed by atoms with E-state index in [1.165, 1.54) is 7.11 Å². The third kappa shape index (κ3) is 1.81. The Hall–Kier alpha value is -1.75. The van der Waals surface area contributed by atoms with Gasteiger partial charge in [0.1, 0.15) is 5.69 Å². The summed E-state index contributed by atoms with van der Waals surface area (Å²) in [5.74, 6) is -0.541. The summed E-state index contributed by atoms with van der Waals surface area (Å²) in [7, 11) is 1.48. The molecule has 0 aliphatic heterocycles. The second-order valence-electron chi connectivity index (χ2n) is 3.18. The molecule has 0 saturated heterocycles. The smallest absolute Gasteiger partial charge is 0.309 e. The quantitative estimate of drug-likeness (QED) is 0.891. The lowest BCUT2D eigenvalue weighted by Gasteiger charge is -2.00. The number of aliphatic carboxylic acids is 1. The molecule has 0 aliphatic rings. The van der Waals surface area contributed by atoms with Crippen molar-refractivity contribution in [3.63, 3.8) is 0 Å². The Kier molecular flexibility index (Phi) is 2.70. The molecule has 0 amide bonds. The molecule has 0 spiro atoms. The van der Waals surface area contributed by atoms with E-state index >= 15 is 0 Å². The number of carboxylic acids is 1. The zero-order chi connectivity index (χ0) is 11.7. The zero-order valence-corrected chi connectivity index (χ0v) is 9.11. The maximum Gasteiger partial charge on any atom is 0.309 e. The molecule has 84 valence electrons. The molecule has 0 unspecified atom stereocenters. The Morgan fingerprint density at radius 3 is 3.00 bits per heavy atom. The molecule has 6 heteroatoms. The maximum absolute atomic E-state index is 10.6. The largest absolute Gasteiger partial charge is 0.493 e. The third-order valence-corrected chi connectivity index (χ3v) is 2.33. The van der Waals surface area contributed by atoms with Crippen LogP contribution in [-0.2, 0) is 11.2 Å². The van der Waals surface area contributed by atoms with Crippen LogP contribution in [0, 0.1) is 0 Å². The van der Waals surface area contributed by atoms with Crippen LogP contribution in [0.2, 0.25) is 5.02 Å². The van der Waals surface area contributed by atoms with Crippen LogP contribution in [0.3, 0.4) is 0 Å². The van der Waals surface area contributed by atoms with Gasteiger partial charge >= 0.3 is 5.97 Å². The highest BCUT2D eigenvalue weighted by Crippen LogP contribution is 2.31. The first-order chi connectivity index (χ1) is 7.61. The second kappa shape index (κ2) is 4.02. The summed E-state index contributed by atoms with van der Waals surface area (Å²) in [6.07, 6.45) is -0.212. The average Bonchev–Trinajstić information content (AvgIpc) is 2.59. The lowest BCUT2D eigenvalue weighted by atomic mass is 10.1. The van der Waals surface area contributed by atoms with Gasteiger partial charge in [0.15, 0.2) is 5.75 Å². The monoisotopic (exact) mass is 241 g/mol. The normalized spacial score (nSPS) is 10.6. The highest BCUT2D eigenvalue weighted by Gasteiger charge is 2.15. The first-order valence-corrected chi connectivity index (χ1v) is 4.83. The van der Waals surface area contributed by atoms with E-state index < -0.39 is 5.97 Å². The number of ether oxygens (including phenoxy) is 1. The van der Waals surface area contributed by atoms with Gasteiger partial charge in [0.2, 0.25) is 5.58 Å². The summed E-state index contributed by atoms with van der Waals surface area (Å²) in [4.78, 5) is 10.6. The molecule has 1 aromatic heterocycles. The van der Waals surface area contributed by atoms with E-state index in [1.807, 2.05) is 0 Å². The van der Waals surface area contributed by atoms with Crippen molar-refractivity contribution in [1.82, 2.24) is 5.16 Å². The topological polar surface area (TPSA) is 72.6 Å². The Labute approximate surface area is 95.5 Å². The van der Waals surface area contributed by atoms with Crippen LogP contribution in [0.15, 0.2) is 16.7 Å². The molecule has 1 heterocycles. The molecule has 5 nitrogen and oxygen atoms in total. The summed E-state index contributed by atoms with van der Waals surface area (Å²) in [5.41, 5.74) is 0.742. The van der Waals surface area contributed by atoms with Gasteiger partial charge in [-0.2, -0.15) is 0 Å². The van der Waals surface area contributed by atoms with Gasteiger partial charge in [-0.1, -0.05) is 16.8 Å². The van der Waals surface area contributed by atoms with Crippen LogP contribution in [0.4, 0.5) is 0 Å². The minimum atomic E-state index is -0.978. The van der Waals surface area contributed by atoms with Crippen molar-refractivity contribution in [2.75, 3.05) is 7.11 Å². The number of fused-ring (bicyclic) bond motifs is 1. The number of carbonyl (C=O) groups is 1. The van der Waals surface area contributed by atoms with Crippen LogP contribution < -0.4 is 4.74 Å². The highest BCUT2D eigenvalue weighted by atomic mass is 35.5. The van der Waals surface area contributed by atoms with E-state index in [1.54, 1.807) is 12.1 Å². The second-order valence-corrected chi connectivity index (χ2v) is 3.62. The maximum atomic E-state index is 10.6. The highest BCUT2D eigenvalue weighted by molar-refractivity contribution is 6.31. The van der Waals surface area contributed by atoms with Gasteiger partial charge < -0.3 is 14.4 Å². The fourth-order valence-electron chi connectivity index (χ4n) is 1.45. The molecule has 1 N–H and O–H groups in total. The van der Waals surface area contributed by atoms with E-state index in [0.29, 0.717) is 27.4 Å². The number of nitrogens with zero attached hydrogens (tertiary/aromatic N) is 1. The summed E-state index contributed by atoms with van der Waals surface area (Å²) in [6.45, 7) is 0. The van der Waals surface area contributed by atoms with E-state index in [-0.39, 0.29) is 6.42 Å². The Balaban J connectivity index is 2.62. The molecule has 16 heavy (non-hydrogen) atoms. The van der Waals surface area contributed by atoms with Crippen LogP contribution >= 0.6 is 11.6 Å². The summed E-state index contributed by atoms with van der Waals surface area (Å²) >= 11 is 5.87. The van der Waals surface area contributed by atoms with Crippen molar-refractivity contribution in [3.8, 4) is 5.75 Å². The molecule has 0 aliphatic carbocycles. The molecule has 1 aromatic carbocycles. The standard InChI is InChI=1S/C10H8ClNO4/c1-15-8-3-5(11)2-6-7(4-9(13)14)12-16-10(6)8/h2-3H,4H2,1H3,(H,13,14). The fourth-order valence-corrected chi connectivity index (χ4v) is 1.66. The number of hydrogen-bond acceptors (Lipinski definition) is 4. The van der Waals surface area contributed by atoms with Crippen molar-refractivity contribution in [2.45, 2.75) is 6.42 Å². The van der Waals surface area contributed by atoms with Gasteiger partial charge in [0, 0.05) is 11.1 Å². The first-order valence-electron chi connectivity index (χ1n) is 4.45. The summed E-state index contributed by atoms with van der Waals surface area (Å²) in [5, 5.41) is 13.4. The lowest BCUT2D eigenvalue weighted by Crippen LogP contribution is -2.00. The number of halogens is 1. The molecule has 0 bridgehead atoms. The van der Waals surface area contributed by atoms with Crippen molar-refractivity contribution in [2.24, 2.45) is 0 Å². The Morgan fingerprint density at radius 1 is 1.62 bits per heavy atom. The molecular weight excluding hydrogens is 234 g/mol. The third-order valence-electron chi connectivity index (χ3n) is 2.12.